The van der Waals surface area contributed by atoms with Gasteiger partial charge in [0.25, 0.3) is 5.91 Å². The third-order valence-electron chi connectivity index (χ3n) is 4.11. The largest absolute Gasteiger partial charge is 0.351 e. The number of carbonyl (C=O) groups is 1. The highest BCUT2D eigenvalue weighted by atomic mass is 19.2. The van der Waals surface area contributed by atoms with Crippen molar-refractivity contribution in [1.82, 2.24) is 5.32 Å². The van der Waals surface area contributed by atoms with E-state index in [0.29, 0.717) is 6.54 Å². The lowest BCUT2D eigenvalue weighted by atomic mass is 9.96. The molecule has 2 nitrogen and oxygen atoms in total. The molecule has 0 bridgehead atoms. The van der Waals surface area contributed by atoms with Crippen LogP contribution < -0.4 is 5.32 Å². The van der Waals surface area contributed by atoms with Crippen LogP contribution in [0, 0.1) is 17.5 Å². The summed E-state index contributed by atoms with van der Waals surface area (Å²) in [5.74, 6) is -5.13. The molecule has 1 fully saturated rings. The molecule has 0 spiro atoms. The molecular formula is C17H14F3NO. The zero-order valence-electron chi connectivity index (χ0n) is 11.7. The summed E-state index contributed by atoms with van der Waals surface area (Å²) in [7, 11) is 0. The zero-order valence-corrected chi connectivity index (χ0v) is 11.7. The number of carbonyl (C=O) groups excluding carboxylic acids is 1. The Bertz CT molecular complexity index is 711. The molecule has 2 aromatic rings. The number of benzene rings is 2. The van der Waals surface area contributed by atoms with Crippen molar-refractivity contribution in [3.63, 3.8) is 0 Å². The first-order chi connectivity index (χ1) is 10.5. The molecule has 2 aromatic carbocycles. The second-order valence-corrected chi connectivity index (χ2v) is 5.55. The van der Waals surface area contributed by atoms with Crippen LogP contribution >= 0.6 is 0 Å². The number of nitrogens with one attached hydrogen (secondary N) is 1. The van der Waals surface area contributed by atoms with Crippen molar-refractivity contribution < 1.29 is 18.0 Å². The van der Waals surface area contributed by atoms with Gasteiger partial charge in [0, 0.05) is 12.0 Å². The lowest BCUT2D eigenvalue weighted by Gasteiger charge is -2.16. The molecular weight excluding hydrogens is 291 g/mol. The fraction of sp³-hybridized carbons (Fsp3) is 0.235. The summed E-state index contributed by atoms with van der Waals surface area (Å²) < 4.78 is 39.7. The maximum absolute atomic E-state index is 13.6. The molecule has 1 aliphatic carbocycles. The lowest BCUT2D eigenvalue weighted by Crippen LogP contribution is -2.33. The molecule has 22 heavy (non-hydrogen) atoms. The van der Waals surface area contributed by atoms with Crippen molar-refractivity contribution in [1.29, 1.82) is 0 Å². The maximum atomic E-state index is 13.6. The van der Waals surface area contributed by atoms with E-state index in [9.17, 15) is 18.0 Å². The van der Waals surface area contributed by atoms with Gasteiger partial charge in [-0.3, -0.25) is 4.79 Å². The van der Waals surface area contributed by atoms with Crippen LogP contribution in [-0.2, 0) is 5.41 Å². The van der Waals surface area contributed by atoms with Gasteiger partial charge < -0.3 is 5.32 Å². The van der Waals surface area contributed by atoms with E-state index >= 15 is 0 Å². The third-order valence-corrected chi connectivity index (χ3v) is 4.11. The summed E-state index contributed by atoms with van der Waals surface area (Å²) in [6, 6.07) is 11.4. The smallest absolute Gasteiger partial charge is 0.254 e. The van der Waals surface area contributed by atoms with E-state index in [1.54, 1.807) is 0 Å². The van der Waals surface area contributed by atoms with E-state index < -0.39 is 28.9 Å². The molecule has 1 N–H and O–H groups in total. The van der Waals surface area contributed by atoms with Gasteiger partial charge in [-0.05, 0) is 30.5 Å². The molecule has 0 unspecified atom stereocenters. The SMILES string of the molecule is O=C(NCC1(c2ccccc2)CC1)c1ccc(F)c(F)c1F. The van der Waals surface area contributed by atoms with E-state index in [0.717, 1.165) is 30.5 Å². The molecule has 0 heterocycles. The van der Waals surface area contributed by atoms with Gasteiger partial charge in [0.05, 0.1) is 5.56 Å². The van der Waals surface area contributed by atoms with Crippen LogP contribution in [0.3, 0.4) is 0 Å². The van der Waals surface area contributed by atoms with Gasteiger partial charge in [-0.15, -0.1) is 0 Å². The Labute approximate surface area is 126 Å². The van der Waals surface area contributed by atoms with E-state index in [2.05, 4.69) is 5.32 Å². The van der Waals surface area contributed by atoms with Gasteiger partial charge in [-0.25, -0.2) is 13.2 Å². The summed E-state index contributed by atoms with van der Waals surface area (Å²) in [5, 5.41) is 2.62. The third kappa shape index (κ3) is 2.58. The number of hydrogen-bond donors (Lipinski definition) is 1. The van der Waals surface area contributed by atoms with Crippen molar-refractivity contribution in [3.05, 3.63) is 71.0 Å². The average molecular weight is 305 g/mol. The predicted octanol–water partition coefficient (Wildman–Crippen LogP) is 3.57. The fourth-order valence-electron chi connectivity index (χ4n) is 2.56. The molecule has 0 saturated heterocycles. The molecule has 0 atom stereocenters. The summed E-state index contributed by atoms with van der Waals surface area (Å²) in [6.07, 6.45) is 1.86. The minimum absolute atomic E-state index is 0.133. The van der Waals surface area contributed by atoms with E-state index in [-0.39, 0.29) is 5.41 Å². The van der Waals surface area contributed by atoms with Crippen LogP contribution in [0.4, 0.5) is 13.2 Å². The fourth-order valence-corrected chi connectivity index (χ4v) is 2.56. The van der Waals surface area contributed by atoms with Crippen LogP contribution in [-0.4, -0.2) is 12.5 Å². The zero-order chi connectivity index (χ0) is 15.7. The minimum atomic E-state index is -1.63. The van der Waals surface area contributed by atoms with Gasteiger partial charge in [0.1, 0.15) is 0 Å². The summed E-state index contributed by atoms with van der Waals surface area (Å²) in [5.41, 5.74) is 0.496. The van der Waals surface area contributed by atoms with Crippen molar-refractivity contribution in [3.8, 4) is 0 Å². The topological polar surface area (TPSA) is 29.1 Å². The number of amides is 1. The maximum Gasteiger partial charge on any atom is 0.254 e. The Morgan fingerprint density at radius 2 is 1.68 bits per heavy atom. The van der Waals surface area contributed by atoms with E-state index in [1.807, 2.05) is 30.3 Å². The second kappa shape index (κ2) is 5.48. The van der Waals surface area contributed by atoms with Crippen LogP contribution in [0.2, 0.25) is 0 Å². The molecule has 3 rings (SSSR count). The normalized spacial score (nSPS) is 15.4. The number of rotatable bonds is 4. The van der Waals surface area contributed by atoms with Crippen LogP contribution in [0.25, 0.3) is 0 Å². The first-order valence-corrected chi connectivity index (χ1v) is 7.01. The standard InChI is InChI=1S/C17H14F3NO/c18-13-7-6-12(14(19)15(13)20)16(22)21-10-17(8-9-17)11-4-2-1-3-5-11/h1-7H,8-10H2,(H,21,22). The van der Waals surface area contributed by atoms with Crippen LogP contribution in [0.15, 0.2) is 42.5 Å². The Balaban J connectivity index is 1.73. The van der Waals surface area contributed by atoms with Crippen molar-refractivity contribution in [2.24, 2.45) is 0 Å². The first-order valence-electron chi connectivity index (χ1n) is 7.01. The molecule has 0 radical (unpaired) electrons. The van der Waals surface area contributed by atoms with E-state index in [1.165, 1.54) is 0 Å². The van der Waals surface area contributed by atoms with Gasteiger partial charge in [0.15, 0.2) is 17.5 Å². The van der Waals surface area contributed by atoms with Gasteiger partial charge in [-0.2, -0.15) is 0 Å². The number of hydrogen-bond acceptors (Lipinski definition) is 1. The van der Waals surface area contributed by atoms with Crippen molar-refractivity contribution in [2.45, 2.75) is 18.3 Å². The molecule has 0 aliphatic heterocycles. The molecule has 1 saturated carbocycles. The molecule has 0 aromatic heterocycles. The van der Waals surface area contributed by atoms with Gasteiger partial charge >= 0.3 is 0 Å². The first kappa shape index (κ1) is 14.6. The Morgan fingerprint density at radius 3 is 2.32 bits per heavy atom. The Kier molecular flexibility index (Phi) is 3.64. The minimum Gasteiger partial charge on any atom is -0.351 e. The molecule has 5 heteroatoms. The number of halogens is 3. The lowest BCUT2D eigenvalue weighted by molar-refractivity contribution is 0.0944. The summed E-state index contributed by atoms with van der Waals surface area (Å²) in [6.45, 7) is 0.342. The Hall–Kier alpha value is -2.30. The quantitative estimate of drug-likeness (QED) is 0.860. The highest BCUT2D eigenvalue weighted by Crippen LogP contribution is 2.47. The van der Waals surface area contributed by atoms with Gasteiger partial charge in [-0.1, -0.05) is 30.3 Å². The predicted molar refractivity (Wildman–Crippen MR) is 76.0 cm³/mol. The second-order valence-electron chi connectivity index (χ2n) is 5.55. The monoisotopic (exact) mass is 305 g/mol. The van der Waals surface area contributed by atoms with Crippen molar-refractivity contribution in [2.75, 3.05) is 6.54 Å². The van der Waals surface area contributed by atoms with Crippen LogP contribution in [0.5, 0.6) is 0 Å². The molecule has 1 amide bonds. The highest BCUT2D eigenvalue weighted by Gasteiger charge is 2.44. The van der Waals surface area contributed by atoms with Gasteiger partial charge in [0.2, 0.25) is 0 Å². The highest BCUT2D eigenvalue weighted by molar-refractivity contribution is 5.94. The summed E-state index contributed by atoms with van der Waals surface area (Å²) in [4.78, 5) is 12.0. The van der Waals surface area contributed by atoms with Crippen molar-refractivity contribution >= 4 is 5.91 Å². The van der Waals surface area contributed by atoms with Crippen LogP contribution in [0.1, 0.15) is 28.8 Å². The average Bonchev–Trinajstić information content (AvgIpc) is 3.33. The van der Waals surface area contributed by atoms with E-state index in [4.69, 9.17) is 0 Å². The summed E-state index contributed by atoms with van der Waals surface area (Å²) >= 11 is 0. The Morgan fingerprint density at radius 1 is 1.00 bits per heavy atom. The molecule has 1 aliphatic rings. The molecule has 114 valence electrons.